The number of amidine groups is 1. The molecule has 3 heterocycles. The molecule has 0 radical (unpaired) electrons. The molecule has 2 aliphatic heterocycles. The second-order valence-electron chi connectivity index (χ2n) is 5.51. The molecule has 1 aromatic heterocycles. The van der Waals surface area contributed by atoms with Gasteiger partial charge < -0.3 is 16.2 Å². The Bertz CT molecular complexity index is 852. The van der Waals surface area contributed by atoms with Crippen LogP contribution in [0.2, 0.25) is 0 Å². The lowest BCUT2D eigenvalue weighted by atomic mass is 10.1. The highest BCUT2D eigenvalue weighted by molar-refractivity contribution is 8.08. The Morgan fingerprint density at radius 1 is 1.56 bits per heavy atom. The average Bonchev–Trinajstić information content (AvgIpc) is 3.11. The van der Waals surface area contributed by atoms with Crippen molar-refractivity contribution >= 4 is 47.1 Å². The lowest BCUT2D eigenvalue weighted by Crippen LogP contribution is -2.70. The van der Waals surface area contributed by atoms with Crippen LogP contribution < -0.4 is 11.1 Å². The van der Waals surface area contributed by atoms with Crippen LogP contribution in [0.3, 0.4) is 0 Å². The third-order valence-electron chi connectivity index (χ3n) is 3.69. The summed E-state index contributed by atoms with van der Waals surface area (Å²) in [6, 6.07) is -0.792. The van der Waals surface area contributed by atoms with Crippen molar-refractivity contribution in [3.05, 3.63) is 34.5 Å². The Balaban J connectivity index is 1.70. The maximum absolute atomic E-state index is 12.5. The lowest BCUT2D eigenvalue weighted by molar-refractivity contribution is -0.150. The third-order valence-corrected chi connectivity index (χ3v) is 6.04. The fourth-order valence-electron chi connectivity index (χ4n) is 2.55. The summed E-state index contributed by atoms with van der Waals surface area (Å²) in [6.45, 7) is -0.0836. The summed E-state index contributed by atoms with van der Waals surface area (Å²) < 4.78 is 1.32. The van der Waals surface area contributed by atoms with Gasteiger partial charge in [-0.3, -0.25) is 19.9 Å². The molecular weight excluding hydrogens is 394 g/mol. The van der Waals surface area contributed by atoms with Gasteiger partial charge in [0.2, 0.25) is 5.91 Å². The third kappa shape index (κ3) is 3.98. The van der Waals surface area contributed by atoms with Crippen LogP contribution >= 0.6 is 23.5 Å². The van der Waals surface area contributed by atoms with Crippen molar-refractivity contribution in [1.82, 2.24) is 25.2 Å². The van der Waals surface area contributed by atoms with Crippen molar-refractivity contribution in [3.63, 3.8) is 0 Å². The normalized spacial score (nSPS) is 21.8. The van der Waals surface area contributed by atoms with Gasteiger partial charge in [-0.15, -0.1) is 16.9 Å². The molecule has 0 aliphatic carbocycles. The van der Waals surface area contributed by atoms with E-state index in [-0.39, 0.29) is 18.1 Å². The number of aliphatic carboxylic acids is 1. The molecule has 2 atom stereocenters. The first-order valence-electron chi connectivity index (χ1n) is 7.60. The summed E-state index contributed by atoms with van der Waals surface area (Å²) in [6.07, 6.45) is 4.29. The van der Waals surface area contributed by atoms with Crippen LogP contribution in [0.15, 0.2) is 34.5 Å². The topological polar surface area (TPSA) is 167 Å². The summed E-state index contributed by atoms with van der Waals surface area (Å²) >= 11 is 2.46. The van der Waals surface area contributed by atoms with Crippen molar-refractivity contribution in [3.8, 4) is 0 Å². The number of carbonyl (C=O) groups excluding carboxylic acids is 2. The highest BCUT2D eigenvalue weighted by Gasteiger charge is 2.54. The van der Waals surface area contributed by atoms with Crippen LogP contribution in [-0.2, 0) is 20.9 Å². The number of β-lactam (4-membered cyclic amide) rings is 1. The van der Waals surface area contributed by atoms with E-state index in [1.165, 1.54) is 45.2 Å². The highest BCUT2D eigenvalue weighted by Crippen LogP contribution is 2.43. The van der Waals surface area contributed by atoms with Crippen molar-refractivity contribution in [2.24, 2.45) is 5.73 Å². The molecule has 2 amide bonds. The van der Waals surface area contributed by atoms with Crippen LogP contribution in [0.5, 0.6) is 0 Å². The quantitative estimate of drug-likeness (QED) is 0.255. The average molecular weight is 409 g/mol. The summed E-state index contributed by atoms with van der Waals surface area (Å²) in [7, 11) is 0. The summed E-state index contributed by atoms with van der Waals surface area (Å²) in [5, 5.41) is 27.6. The van der Waals surface area contributed by atoms with Crippen LogP contribution in [0.25, 0.3) is 0 Å². The van der Waals surface area contributed by atoms with Gasteiger partial charge in [0.15, 0.2) is 0 Å². The number of amides is 2. The number of hydrogen-bond acceptors (Lipinski definition) is 8. The number of carbonyl (C=O) groups is 3. The molecule has 5 N–H and O–H groups in total. The van der Waals surface area contributed by atoms with Gasteiger partial charge in [-0.1, -0.05) is 17.0 Å². The predicted octanol–water partition coefficient (Wildman–Crippen LogP) is -0.843. The first-order chi connectivity index (χ1) is 12.9. The molecule has 1 saturated heterocycles. The van der Waals surface area contributed by atoms with Crippen LogP contribution in [0, 0.1) is 5.41 Å². The fraction of sp³-hybridized carbons (Fsp3) is 0.286. The number of carboxylic acids is 1. The Hall–Kier alpha value is -2.80. The summed E-state index contributed by atoms with van der Waals surface area (Å²) in [5.74, 6) is -1.91. The lowest BCUT2D eigenvalue weighted by Gasteiger charge is -2.49. The molecule has 1 aromatic rings. The number of carboxylic acid groups (broad SMARTS) is 1. The molecule has 142 valence electrons. The van der Waals surface area contributed by atoms with Gasteiger partial charge >= 0.3 is 5.97 Å². The molecular formula is C14H15N7O4S2. The molecule has 0 bridgehead atoms. The van der Waals surface area contributed by atoms with E-state index in [4.69, 9.17) is 11.1 Å². The zero-order valence-corrected chi connectivity index (χ0v) is 15.4. The molecule has 27 heavy (non-hydrogen) atoms. The standard InChI is InChI=1S/C14H15N7O4S2/c15-8(16)1-4-26-7-6-27-13-10(12(23)21(13)11(7)14(24)25)18-9(22)5-20-3-2-17-19-20/h1-4,10,13H,5-6H2,(H3,15,16)(H,18,22)(H,24,25)/b4-1+/t10?,13-/m1/s1. The molecule has 3 rings (SSSR count). The maximum atomic E-state index is 12.5. The number of rotatable bonds is 7. The van der Waals surface area contributed by atoms with Crippen LogP contribution in [0.4, 0.5) is 0 Å². The van der Waals surface area contributed by atoms with Crippen LogP contribution in [0.1, 0.15) is 0 Å². The summed E-state index contributed by atoms with van der Waals surface area (Å²) in [4.78, 5) is 37.8. The summed E-state index contributed by atoms with van der Waals surface area (Å²) in [5.41, 5.74) is 5.12. The van der Waals surface area contributed by atoms with Crippen molar-refractivity contribution < 1.29 is 19.5 Å². The van der Waals surface area contributed by atoms with E-state index in [2.05, 4.69) is 15.6 Å². The minimum atomic E-state index is -1.22. The van der Waals surface area contributed by atoms with Gasteiger partial charge in [0.1, 0.15) is 29.5 Å². The van der Waals surface area contributed by atoms with Gasteiger partial charge in [-0.2, -0.15) is 0 Å². The van der Waals surface area contributed by atoms with E-state index in [9.17, 15) is 19.5 Å². The van der Waals surface area contributed by atoms with E-state index in [0.29, 0.717) is 10.7 Å². The van der Waals surface area contributed by atoms with Gasteiger partial charge in [-0.05, 0) is 11.5 Å². The minimum Gasteiger partial charge on any atom is -0.477 e. The van der Waals surface area contributed by atoms with E-state index < -0.39 is 29.2 Å². The Morgan fingerprint density at radius 2 is 2.33 bits per heavy atom. The number of nitrogens with zero attached hydrogens (tertiary/aromatic N) is 4. The number of aromatic nitrogens is 3. The first-order valence-corrected chi connectivity index (χ1v) is 9.53. The second kappa shape index (κ2) is 7.84. The molecule has 1 unspecified atom stereocenters. The van der Waals surface area contributed by atoms with Crippen molar-refractivity contribution in [2.75, 3.05) is 5.75 Å². The molecule has 0 saturated carbocycles. The van der Waals surface area contributed by atoms with Crippen molar-refractivity contribution in [2.45, 2.75) is 18.0 Å². The minimum absolute atomic E-state index is 0.0836. The molecule has 2 aliphatic rings. The van der Waals surface area contributed by atoms with Gasteiger partial charge in [0.25, 0.3) is 5.91 Å². The SMILES string of the molecule is N=C(N)/C=C/SC1=C(C(=O)O)N2C(=O)C(NC(=O)Cn3ccnn3)[C@H]2SC1. The van der Waals surface area contributed by atoms with E-state index in [1.807, 2.05) is 0 Å². The first kappa shape index (κ1) is 19.0. The largest absolute Gasteiger partial charge is 0.477 e. The second-order valence-corrected chi connectivity index (χ2v) is 7.61. The van der Waals surface area contributed by atoms with E-state index in [0.717, 1.165) is 11.8 Å². The smallest absolute Gasteiger partial charge is 0.353 e. The van der Waals surface area contributed by atoms with Gasteiger partial charge in [-0.25, -0.2) is 9.48 Å². The number of nitrogens with two attached hydrogens (primary N) is 1. The van der Waals surface area contributed by atoms with E-state index >= 15 is 0 Å². The van der Waals surface area contributed by atoms with Gasteiger partial charge in [0.05, 0.1) is 6.20 Å². The Morgan fingerprint density at radius 3 is 2.96 bits per heavy atom. The molecule has 13 heteroatoms. The molecule has 0 aromatic carbocycles. The van der Waals surface area contributed by atoms with E-state index in [1.54, 1.807) is 0 Å². The molecule has 11 nitrogen and oxygen atoms in total. The monoisotopic (exact) mass is 409 g/mol. The Kier molecular flexibility index (Phi) is 5.51. The van der Waals surface area contributed by atoms with Crippen LogP contribution in [-0.4, -0.2) is 65.8 Å². The number of fused-ring (bicyclic) bond motifs is 1. The van der Waals surface area contributed by atoms with Crippen molar-refractivity contribution in [1.29, 1.82) is 5.41 Å². The molecule has 1 fully saturated rings. The highest BCUT2D eigenvalue weighted by atomic mass is 32.2. The Labute approximate surface area is 161 Å². The maximum Gasteiger partial charge on any atom is 0.353 e. The number of nitrogens with one attached hydrogen (secondary N) is 2. The predicted molar refractivity (Wildman–Crippen MR) is 98.4 cm³/mol. The van der Waals surface area contributed by atoms with Gasteiger partial charge in [0, 0.05) is 16.9 Å². The number of thioether (sulfide) groups is 2. The number of hydrogen-bond donors (Lipinski definition) is 4. The zero-order chi connectivity index (χ0) is 19.6. The molecule has 0 spiro atoms. The zero-order valence-electron chi connectivity index (χ0n) is 13.7. The fourth-order valence-corrected chi connectivity index (χ4v) is 4.90.